The lowest BCUT2D eigenvalue weighted by Gasteiger charge is -2.05. The van der Waals surface area contributed by atoms with Crippen molar-refractivity contribution in [3.63, 3.8) is 0 Å². The van der Waals surface area contributed by atoms with Crippen molar-refractivity contribution in [2.24, 2.45) is 0 Å². The standard InChI is InChI=1S/C13H11BrN4O3/c1-8-15-5-4-10(17-8)7-16-13(19)9-2-3-11(14)12(6-9)18(20)21/h2-6H,7H2,1H3,(H,16,19). The number of aryl methyl sites for hydroxylation is 1. The second-order valence-electron chi connectivity index (χ2n) is 4.20. The van der Waals surface area contributed by atoms with E-state index < -0.39 is 10.8 Å². The third-order valence-corrected chi connectivity index (χ3v) is 3.34. The van der Waals surface area contributed by atoms with E-state index in [1.165, 1.54) is 18.2 Å². The summed E-state index contributed by atoms with van der Waals surface area (Å²) >= 11 is 3.07. The Hall–Kier alpha value is -2.35. The molecule has 0 aliphatic rings. The van der Waals surface area contributed by atoms with E-state index in [1.54, 1.807) is 19.2 Å². The van der Waals surface area contributed by atoms with Crippen molar-refractivity contribution in [1.82, 2.24) is 15.3 Å². The van der Waals surface area contributed by atoms with Crippen LogP contribution in [0.15, 0.2) is 34.9 Å². The van der Waals surface area contributed by atoms with Crippen molar-refractivity contribution in [2.75, 3.05) is 0 Å². The van der Waals surface area contributed by atoms with Gasteiger partial charge in [-0.25, -0.2) is 9.97 Å². The maximum Gasteiger partial charge on any atom is 0.284 e. The number of nitrogens with one attached hydrogen (secondary N) is 1. The fraction of sp³-hybridized carbons (Fsp3) is 0.154. The first-order chi connectivity index (χ1) is 9.97. The van der Waals surface area contributed by atoms with E-state index in [2.05, 4.69) is 31.2 Å². The first kappa shape index (κ1) is 15.0. The number of carbonyl (C=O) groups is 1. The minimum Gasteiger partial charge on any atom is -0.346 e. The van der Waals surface area contributed by atoms with Gasteiger partial charge in [0.1, 0.15) is 5.82 Å². The molecule has 1 heterocycles. The van der Waals surface area contributed by atoms with Gasteiger partial charge in [0.2, 0.25) is 0 Å². The Kier molecular flexibility index (Phi) is 4.59. The zero-order valence-electron chi connectivity index (χ0n) is 11.0. The third kappa shape index (κ3) is 3.82. The summed E-state index contributed by atoms with van der Waals surface area (Å²) in [6.07, 6.45) is 1.61. The van der Waals surface area contributed by atoms with E-state index in [1.807, 2.05) is 0 Å². The Labute approximate surface area is 128 Å². The number of amides is 1. The van der Waals surface area contributed by atoms with Crippen molar-refractivity contribution < 1.29 is 9.72 Å². The zero-order valence-corrected chi connectivity index (χ0v) is 12.6. The molecule has 1 amide bonds. The lowest BCUT2D eigenvalue weighted by Crippen LogP contribution is -2.23. The Morgan fingerprint density at radius 2 is 2.19 bits per heavy atom. The van der Waals surface area contributed by atoms with Gasteiger partial charge in [0.25, 0.3) is 11.6 Å². The molecule has 0 saturated carbocycles. The number of nitro benzene ring substituents is 1. The summed E-state index contributed by atoms with van der Waals surface area (Å²) < 4.78 is 0.329. The van der Waals surface area contributed by atoms with Crippen LogP contribution in [0.3, 0.4) is 0 Å². The predicted molar refractivity (Wildman–Crippen MR) is 78.7 cm³/mol. The van der Waals surface area contributed by atoms with E-state index in [0.29, 0.717) is 16.0 Å². The highest BCUT2D eigenvalue weighted by Crippen LogP contribution is 2.25. The molecule has 8 heteroatoms. The van der Waals surface area contributed by atoms with Gasteiger partial charge in [0, 0.05) is 17.8 Å². The smallest absolute Gasteiger partial charge is 0.284 e. The van der Waals surface area contributed by atoms with Crippen LogP contribution in [0.25, 0.3) is 0 Å². The highest BCUT2D eigenvalue weighted by atomic mass is 79.9. The van der Waals surface area contributed by atoms with Gasteiger partial charge in [-0.1, -0.05) is 0 Å². The van der Waals surface area contributed by atoms with Crippen LogP contribution < -0.4 is 5.32 Å². The van der Waals surface area contributed by atoms with Gasteiger partial charge in [0.05, 0.1) is 21.6 Å². The molecule has 7 nitrogen and oxygen atoms in total. The molecule has 1 aromatic heterocycles. The van der Waals surface area contributed by atoms with E-state index in [-0.39, 0.29) is 17.8 Å². The molecular formula is C13H11BrN4O3. The predicted octanol–water partition coefficient (Wildman–Crippen LogP) is 2.39. The van der Waals surface area contributed by atoms with Gasteiger partial charge in [0.15, 0.2) is 0 Å². The number of nitro groups is 1. The summed E-state index contributed by atoms with van der Waals surface area (Å²) in [5, 5.41) is 13.5. The van der Waals surface area contributed by atoms with Crippen LogP contribution in [0.4, 0.5) is 5.69 Å². The fourth-order valence-corrected chi connectivity index (χ4v) is 2.06. The number of halogens is 1. The third-order valence-electron chi connectivity index (χ3n) is 2.67. The van der Waals surface area contributed by atoms with E-state index in [4.69, 9.17) is 0 Å². The summed E-state index contributed by atoms with van der Waals surface area (Å²) in [6, 6.07) is 5.90. The van der Waals surface area contributed by atoms with Gasteiger partial charge in [-0.15, -0.1) is 0 Å². The largest absolute Gasteiger partial charge is 0.346 e. The van der Waals surface area contributed by atoms with Gasteiger partial charge in [-0.2, -0.15) is 0 Å². The molecule has 0 radical (unpaired) electrons. The molecule has 0 saturated heterocycles. The molecular weight excluding hydrogens is 340 g/mol. The Bertz CT molecular complexity index is 706. The molecule has 2 rings (SSSR count). The second-order valence-corrected chi connectivity index (χ2v) is 5.06. The molecule has 0 fully saturated rings. The quantitative estimate of drug-likeness (QED) is 0.674. The summed E-state index contributed by atoms with van der Waals surface area (Å²) in [6.45, 7) is 1.98. The van der Waals surface area contributed by atoms with Crippen LogP contribution in [-0.4, -0.2) is 20.8 Å². The number of hydrogen-bond donors (Lipinski definition) is 1. The number of aromatic nitrogens is 2. The van der Waals surface area contributed by atoms with Crippen molar-refractivity contribution >= 4 is 27.5 Å². The van der Waals surface area contributed by atoms with Crippen LogP contribution in [-0.2, 0) is 6.54 Å². The minimum absolute atomic E-state index is 0.152. The first-order valence-electron chi connectivity index (χ1n) is 5.98. The second kappa shape index (κ2) is 6.40. The number of benzene rings is 1. The number of rotatable bonds is 4. The van der Waals surface area contributed by atoms with Gasteiger partial charge >= 0.3 is 0 Å². The molecule has 21 heavy (non-hydrogen) atoms. The molecule has 0 aliphatic carbocycles. The van der Waals surface area contributed by atoms with Crippen LogP contribution >= 0.6 is 15.9 Å². The SMILES string of the molecule is Cc1nccc(CNC(=O)c2ccc(Br)c([N+](=O)[O-])c2)n1. The summed E-state index contributed by atoms with van der Waals surface area (Å²) in [5.74, 6) is 0.211. The van der Waals surface area contributed by atoms with Crippen molar-refractivity contribution in [1.29, 1.82) is 0 Å². The van der Waals surface area contributed by atoms with Gasteiger partial charge < -0.3 is 5.32 Å². The molecule has 2 aromatic rings. The maximum absolute atomic E-state index is 12.0. The van der Waals surface area contributed by atoms with Crippen molar-refractivity contribution in [2.45, 2.75) is 13.5 Å². The topological polar surface area (TPSA) is 98.0 Å². The van der Waals surface area contributed by atoms with Crippen LogP contribution in [0.5, 0.6) is 0 Å². The first-order valence-corrected chi connectivity index (χ1v) is 6.77. The summed E-state index contributed by atoms with van der Waals surface area (Å²) in [5.41, 5.74) is 0.735. The number of nitrogens with zero attached hydrogens (tertiary/aromatic N) is 3. The minimum atomic E-state index is -0.547. The Morgan fingerprint density at radius 3 is 2.86 bits per heavy atom. The highest BCUT2D eigenvalue weighted by Gasteiger charge is 2.15. The zero-order chi connectivity index (χ0) is 15.4. The van der Waals surface area contributed by atoms with Crippen LogP contribution in [0.1, 0.15) is 21.9 Å². The van der Waals surface area contributed by atoms with Crippen LogP contribution in [0.2, 0.25) is 0 Å². The molecule has 0 aliphatic heterocycles. The average molecular weight is 351 g/mol. The number of hydrogen-bond acceptors (Lipinski definition) is 5. The monoisotopic (exact) mass is 350 g/mol. The molecule has 1 aromatic carbocycles. The molecule has 0 unspecified atom stereocenters. The molecule has 108 valence electrons. The van der Waals surface area contributed by atoms with E-state index in [0.717, 1.165) is 0 Å². The maximum atomic E-state index is 12.0. The van der Waals surface area contributed by atoms with E-state index in [9.17, 15) is 14.9 Å². The summed E-state index contributed by atoms with van der Waals surface area (Å²) in [4.78, 5) is 30.4. The molecule has 0 bridgehead atoms. The Morgan fingerprint density at radius 1 is 1.43 bits per heavy atom. The van der Waals surface area contributed by atoms with E-state index >= 15 is 0 Å². The average Bonchev–Trinajstić information content (AvgIpc) is 2.45. The number of carbonyl (C=O) groups excluding carboxylic acids is 1. The summed E-state index contributed by atoms with van der Waals surface area (Å²) in [7, 11) is 0. The lowest BCUT2D eigenvalue weighted by molar-refractivity contribution is -0.385. The van der Waals surface area contributed by atoms with Gasteiger partial charge in [-0.05, 0) is 41.1 Å². The molecule has 0 atom stereocenters. The molecule has 0 spiro atoms. The highest BCUT2D eigenvalue weighted by molar-refractivity contribution is 9.10. The normalized spacial score (nSPS) is 10.2. The van der Waals surface area contributed by atoms with Crippen molar-refractivity contribution in [3.05, 3.63) is 62.1 Å². The Balaban J connectivity index is 2.10. The van der Waals surface area contributed by atoms with Crippen LogP contribution in [0, 0.1) is 17.0 Å². The fourth-order valence-electron chi connectivity index (χ4n) is 1.67. The molecule has 1 N–H and O–H groups in total. The van der Waals surface area contributed by atoms with Gasteiger partial charge in [-0.3, -0.25) is 14.9 Å². The van der Waals surface area contributed by atoms with Crippen molar-refractivity contribution in [3.8, 4) is 0 Å². The lowest BCUT2D eigenvalue weighted by atomic mass is 10.2.